The Hall–Kier alpha value is -2.45. The molecule has 162 valence electrons. The smallest absolute Gasteiger partial charge is 0.325 e. The number of carbonyl (C=O) groups is 2. The summed E-state index contributed by atoms with van der Waals surface area (Å²) in [5.74, 6) is 1.08. The van der Waals surface area contributed by atoms with Crippen LogP contribution in [0.2, 0.25) is 0 Å². The molecule has 1 aromatic carbocycles. The van der Waals surface area contributed by atoms with Crippen molar-refractivity contribution in [2.24, 2.45) is 10.9 Å². The number of aliphatic imine (C=N–C) groups is 1. The van der Waals surface area contributed by atoms with E-state index in [0.717, 1.165) is 45.1 Å². The van der Waals surface area contributed by atoms with Gasteiger partial charge in [-0.2, -0.15) is 0 Å². The predicted octanol–water partition coefficient (Wildman–Crippen LogP) is 1.05. The number of hydrogen-bond donors (Lipinski definition) is 1. The third-order valence-electron chi connectivity index (χ3n) is 6.09. The molecule has 2 atom stereocenters. The summed E-state index contributed by atoms with van der Waals surface area (Å²) in [6.07, 6.45) is -0.431. The normalized spacial score (nSPS) is 25.5. The van der Waals surface area contributed by atoms with E-state index in [1.807, 2.05) is 0 Å². The lowest BCUT2D eigenvalue weighted by Gasteiger charge is -2.38. The van der Waals surface area contributed by atoms with Gasteiger partial charge >= 0.3 is 6.03 Å². The molecule has 1 N–H and O–H groups in total. The van der Waals surface area contributed by atoms with E-state index >= 15 is 0 Å². The Morgan fingerprint density at radius 3 is 2.30 bits per heavy atom. The number of rotatable bonds is 6. The fourth-order valence-corrected chi connectivity index (χ4v) is 4.47. The minimum absolute atomic E-state index is 0.241. The van der Waals surface area contributed by atoms with E-state index in [2.05, 4.69) is 64.2 Å². The molecule has 2 unspecified atom stereocenters. The van der Waals surface area contributed by atoms with E-state index in [-0.39, 0.29) is 11.9 Å². The van der Waals surface area contributed by atoms with Crippen molar-refractivity contribution in [1.82, 2.24) is 24.9 Å². The van der Waals surface area contributed by atoms with Crippen molar-refractivity contribution < 1.29 is 9.59 Å². The lowest BCUT2D eigenvalue weighted by atomic mass is 10.1. The van der Waals surface area contributed by atoms with Crippen LogP contribution >= 0.6 is 0 Å². The van der Waals surface area contributed by atoms with E-state index in [1.54, 1.807) is 11.9 Å². The third-order valence-corrected chi connectivity index (χ3v) is 6.09. The SMILES string of the molecule is CC(C)CN1C(CN2CCN(Cc3ccccc3)CC2)=NC2C1C(=O)NC(=O)N2C. The zero-order valence-corrected chi connectivity index (χ0v) is 18.1. The van der Waals surface area contributed by atoms with Crippen LogP contribution in [0.3, 0.4) is 0 Å². The van der Waals surface area contributed by atoms with E-state index in [9.17, 15) is 9.59 Å². The van der Waals surface area contributed by atoms with Gasteiger partial charge < -0.3 is 9.80 Å². The number of piperazine rings is 1. The first-order valence-electron chi connectivity index (χ1n) is 10.8. The molecular weight excluding hydrogens is 380 g/mol. The number of benzene rings is 1. The second kappa shape index (κ2) is 8.73. The zero-order valence-electron chi connectivity index (χ0n) is 18.1. The predicted molar refractivity (Wildman–Crippen MR) is 116 cm³/mol. The molecule has 3 aliphatic heterocycles. The first-order valence-corrected chi connectivity index (χ1v) is 10.8. The average Bonchev–Trinajstić information content (AvgIpc) is 3.06. The van der Waals surface area contributed by atoms with Crippen molar-refractivity contribution in [3.63, 3.8) is 0 Å². The molecule has 2 saturated heterocycles. The van der Waals surface area contributed by atoms with Crippen LogP contribution in [-0.2, 0) is 11.3 Å². The molecular formula is C22H32N6O2. The summed E-state index contributed by atoms with van der Waals surface area (Å²) in [6.45, 7) is 10.7. The molecule has 0 bridgehead atoms. The Labute approximate surface area is 178 Å². The quantitative estimate of drug-likeness (QED) is 0.756. The van der Waals surface area contributed by atoms with Gasteiger partial charge in [-0.25, -0.2) is 9.79 Å². The number of carbonyl (C=O) groups excluding carboxylic acids is 2. The zero-order chi connectivity index (χ0) is 21.3. The molecule has 3 heterocycles. The summed E-state index contributed by atoms with van der Waals surface area (Å²) < 4.78 is 0. The highest BCUT2D eigenvalue weighted by atomic mass is 16.2. The first-order chi connectivity index (χ1) is 14.4. The number of imide groups is 1. The van der Waals surface area contributed by atoms with Crippen LogP contribution in [0.5, 0.6) is 0 Å². The second-order valence-corrected chi connectivity index (χ2v) is 8.89. The van der Waals surface area contributed by atoms with E-state index in [1.165, 1.54) is 5.56 Å². The molecule has 2 fully saturated rings. The number of nitrogens with zero attached hydrogens (tertiary/aromatic N) is 5. The topological polar surface area (TPSA) is 71.5 Å². The van der Waals surface area contributed by atoms with Gasteiger partial charge in [0.05, 0.1) is 6.54 Å². The van der Waals surface area contributed by atoms with E-state index in [4.69, 9.17) is 4.99 Å². The summed E-state index contributed by atoms with van der Waals surface area (Å²) in [5.41, 5.74) is 1.34. The Morgan fingerprint density at radius 1 is 1.03 bits per heavy atom. The molecule has 8 heteroatoms. The van der Waals surface area contributed by atoms with Gasteiger partial charge in [0, 0.05) is 46.3 Å². The van der Waals surface area contributed by atoms with Crippen LogP contribution in [0.15, 0.2) is 35.3 Å². The van der Waals surface area contributed by atoms with Crippen molar-refractivity contribution >= 4 is 17.8 Å². The Bertz CT molecular complexity index is 803. The van der Waals surface area contributed by atoms with Crippen LogP contribution in [0.25, 0.3) is 0 Å². The number of nitrogens with one attached hydrogen (secondary N) is 1. The first kappa shape index (κ1) is 20.8. The Morgan fingerprint density at radius 2 is 1.67 bits per heavy atom. The molecule has 3 aliphatic rings. The number of hydrogen-bond acceptors (Lipinski definition) is 6. The molecule has 3 amide bonds. The lowest BCUT2D eigenvalue weighted by Crippen LogP contribution is -2.64. The number of likely N-dealkylation sites (N-methyl/N-ethyl adjacent to an activating group) is 1. The lowest BCUT2D eigenvalue weighted by molar-refractivity contribution is -0.127. The summed E-state index contributed by atoms with van der Waals surface area (Å²) >= 11 is 0. The van der Waals surface area contributed by atoms with Crippen molar-refractivity contribution in [3.05, 3.63) is 35.9 Å². The van der Waals surface area contributed by atoms with Crippen LogP contribution in [0.1, 0.15) is 19.4 Å². The van der Waals surface area contributed by atoms with Gasteiger partial charge in [-0.1, -0.05) is 44.2 Å². The van der Waals surface area contributed by atoms with Crippen LogP contribution in [-0.4, -0.2) is 95.9 Å². The van der Waals surface area contributed by atoms with Gasteiger partial charge in [-0.3, -0.25) is 19.9 Å². The highest BCUT2D eigenvalue weighted by Crippen LogP contribution is 2.25. The van der Waals surface area contributed by atoms with Crippen molar-refractivity contribution in [2.45, 2.75) is 32.6 Å². The minimum atomic E-state index is -0.431. The molecule has 8 nitrogen and oxygen atoms in total. The van der Waals surface area contributed by atoms with Crippen LogP contribution in [0.4, 0.5) is 4.79 Å². The van der Waals surface area contributed by atoms with Gasteiger partial charge in [0.2, 0.25) is 0 Å². The van der Waals surface area contributed by atoms with Gasteiger partial charge in [-0.15, -0.1) is 0 Å². The summed E-state index contributed by atoms with van der Waals surface area (Å²) in [7, 11) is 1.71. The maximum absolute atomic E-state index is 12.6. The monoisotopic (exact) mass is 412 g/mol. The number of amides is 3. The summed E-state index contributed by atoms with van der Waals surface area (Å²) in [5, 5.41) is 2.47. The van der Waals surface area contributed by atoms with Crippen molar-refractivity contribution in [3.8, 4) is 0 Å². The second-order valence-electron chi connectivity index (χ2n) is 8.89. The molecule has 0 aromatic heterocycles. The summed E-state index contributed by atoms with van der Waals surface area (Å²) in [6, 6.07) is 9.78. The molecule has 0 radical (unpaired) electrons. The van der Waals surface area contributed by atoms with Gasteiger partial charge in [0.15, 0.2) is 12.2 Å². The molecule has 0 spiro atoms. The largest absolute Gasteiger partial charge is 0.343 e. The van der Waals surface area contributed by atoms with Gasteiger partial charge in [0.25, 0.3) is 5.91 Å². The van der Waals surface area contributed by atoms with Gasteiger partial charge in [-0.05, 0) is 11.5 Å². The number of fused-ring (bicyclic) bond motifs is 1. The molecule has 30 heavy (non-hydrogen) atoms. The number of urea groups is 1. The van der Waals surface area contributed by atoms with Crippen molar-refractivity contribution in [1.29, 1.82) is 0 Å². The standard InChI is InChI=1S/C22H32N6O2/c1-16(2)13-28-18(23-20-19(28)21(29)24-22(30)25(20)3)15-27-11-9-26(10-12-27)14-17-7-5-4-6-8-17/h4-8,16,19-20H,9-15H2,1-3H3,(H,24,29,30). The van der Waals surface area contributed by atoms with Crippen LogP contribution < -0.4 is 5.32 Å². The average molecular weight is 413 g/mol. The highest BCUT2D eigenvalue weighted by molar-refractivity contribution is 6.04. The van der Waals surface area contributed by atoms with E-state index < -0.39 is 12.2 Å². The molecule has 4 rings (SSSR count). The molecule has 0 aliphatic carbocycles. The van der Waals surface area contributed by atoms with E-state index in [0.29, 0.717) is 12.5 Å². The number of amidine groups is 1. The van der Waals surface area contributed by atoms with Crippen LogP contribution in [0, 0.1) is 5.92 Å². The maximum atomic E-state index is 12.6. The Kier molecular flexibility index (Phi) is 6.06. The van der Waals surface area contributed by atoms with Crippen molar-refractivity contribution in [2.75, 3.05) is 46.3 Å². The Balaban J connectivity index is 1.40. The van der Waals surface area contributed by atoms with Gasteiger partial charge in [0.1, 0.15) is 5.84 Å². The maximum Gasteiger partial charge on any atom is 0.325 e. The fourth-order valence-electron chi connectivity index (χ4n) is 4.47. The highest BCUT2D eigenvalue weighted by Gasteiger charge is 2.48. The molecule has 0 saturated carbocycles. The molecule has 1 aromatic rings. The third kappa shape index (κ3) is 4.34. The summed E-state index contributed by atoms with van der Waals surface area (Å²) in [4.78, 5) is 38.0. The minimum Gasteiger partial charge on any atom is -0.343 e. The fraction of sp³-hybridized carbons (Fsp3) is 0.591.